The molecule has 0 spiro atoms. The topological polar surface area (TPSA) is 110 Å². The molecule has 2 aliphatic rings. The Hall–Kier alpha value is -3.98. The van der Waals surface area contributed by atoms with Crippen molar-refractivity contribution in [3.8, 4) is 11.1 Å². The number of nitrogens with one attached hydrogen (secondary N) is 2. The third-order valence-electron chi connectivity index (χ3n) is 7.45. The summed E-state index contributed by atoms with van der Waals surface area (Å²) in [7, 11) is -4.04. The van der Waals surface area contributed by atoms with Gasteiger partial charge in [0.2, 0.25) is 5.91 Å². The zero-order valence-corrected chi connectivity index (χ0v) is 24.2. The monoisotopic (exact) mass is 572 g/mol. The van der Waals surface area contributed by atoms with Gasteiger partial charge >= 0.3 is 0 Å². The van der Waals surface area contributed by atoms with Crippen LogP contribution in [0.3, 0.4) is 0 Å². The third-order valence-corrected chi connectivity index (χ3v) is 8.88. The second-order valence-corrected chi connectivity index (χ2v) is 12.2. The maximum Gasteiger partial charge on any atom is 0.264 e. The van der Waals surface area contributed by atoms with Gasteiger partial charge in [0, 0.05) is 30.6 Å². The summed E-state index contributed by atoms with van der Waals surface area (Å²) in [6, 6.07) is 20.0. The zero-order chi connectivity index (χ0) is 28.8. The van der Waals surface area contributed by atoms with Gasteiger partial charge in [0.05, 0.1) is 22.3 Å². The van der Waals surface area contributed by atoms with Crippen LogP contribution >= 0.6 is 0 Å². The molecule has 1 amide bonds. The Kier molecular flexibility index (Phi) is 8.83. The fraction of sp³-hybridized carbons (Fsp3) is 0.344. The van der Waals surface area contributed by atoms with Crippen LogP contribution in [0.2, 0.25) is 0 Å². The molecule has 0 aliphatic carbocycles. The molecule has 8 nitrogen and oxygen atoms in total. The molecule has 214 valence electrons. The molecule has 3 aromatic carbocycles. The molecule has 0 fully saturated rings. The van der Waals surface area contributed by atoms with E-state index in [0.717, 1.165) is 55.7 Å². The maximum atomic E-state index is 13.7. The maximum absolute atomic E-state index is 13.7. The summed E-state index contributed by atoms with van der Waals surface area (Å²) in [5.74, 6) is 0.252. The van der Waals surface area contributed by atoms with Crippen molar-refractivity contribution >= 4 is 32.5 Å². The van der Waals surface area contributed by atoms with E-state index in [2.05, 4.69) is 17.0 Å². The van der Waals surface area contributed by atoms with Crippen LogP contribution in [-0.4, -0.2) is 30.4 Å². The number of aryl methyl sites for hydroxylation is 1. The molecule has 0 radical (unpaired) electrons. The number of rotatable bonds is 2. The second-order valence-electron chi connectivity index (χ2n) is 10.6. The Labute approximate surface area is 240 Å². The van der Waals surface area contributed by atoms with Crippen LogP contribution < -0.4 is 15.6 Å². The van der Waals surface area contributed by atoms with Gasteiger partial charge in [0.15, 0.2) is 0 Å². The fourth-order valence-corrected chi connectivity index (χ4v) is 6.54. The van der Waals surface area contributed by atoms with Crippen LogP contribution in [0.4, 0.5) is 5.69 Å². The molecule has 0 atom stereocenters. The van der Waals surface area contributed by atoms with Gasteiger partial charge in [-0.3, -0.25) is 14.2 Å². The molecule has 1 aromatic heterocycles. The molecule has 41 heavy (non-hydrogen) atoms. The number of fused-ring (bicyclic) bond motifs is 12. The Morgan fingerprint density at radius 3 is 2.46 bits per heavy atom. The minimum absolute atomic E-state index is 0.0583. The molecule has 6 rings (SSSR count). The predicted molar refractivity (Wildman–Crippen MR) is 162 cm³/mol. The number of anilines is 1. The summed E-state index contributed by atoms with van der Waals surface area (Å²) < 4.78 is 30.4. The Morgan fingerprint density at radius 2 is 1.66 bits per heavy atom. The molecular formula is C32H36N4O4S. The van der Waals surface area contributed by atoms with Gasteiger partial charge in [0.1, 0.15) is 5.82 Å². The van der Waals surface area contributed by atoms with Crippen molar-refractivity contribution in [2.24, 2.45) is 0 Å². The Morgan fingerprint density at radius 1 is 0.902 bits per heavy atom. The number of amides is 1. The highest BCUT2D eigenvalue weighted by molar-refractivity contribution is 7.90. The first-order chi connectivity index (χ1) is 19.9. The van der Waals surface area contributed by atoms with Crippen LogP contribution in [0.25, 0.3) is 22.0 Å². The van der Waals surface area contributed by atoms with Gasteiger partial charge in [0.25, 0.3) is 15.6 Å². The molecule has 5 bridgehead atoms. The van der Waals surface area contributed by atoms with E-state index in [-0.39, 0.29) is 16.9 Å². The van der Waals surface area contributed by atoms with E-state index in [1.54, 1.807) is 22.8 Å². The molecule has 0 saturated heterocycles. The van der Waals surface area contributed by atoms with Crippen molar-refractivity contribution in [3.05, 3.63) is 88.5 Å². The van der Waals surface area contributed by atoms with Crippen molar-refractivity contribution in [2.45, 2.75) is 69.7 Å². The lowest BCUT2D eigenvalue weighted by Crippen LogP contribution is -2.30. The molecule has 0 unspecified atom stereocenters. The Bertz CT molecular complexity index is 1710. The number of aromatic nitrogens is 2. The van der Waals surface area contributed by atoms with Crippen LogP contribution in [0, 0.1) is 0 Å². The summed E-state index contributed by atoms with van der Waals surface area (Å²) in [5, 5.41) is 4.01. The summed E-state index contributed by atoms with van der Waals surface area (Å²) in [6.07, 6.45) is 6.06. The first-order valence-corrected chi connectivity index (χ1v) is 15.9. The van der Waals surface area contributed by atoms with Crippen molar-refractivity contribution in [1.29, 1.82) is 0 Å². The summed E-state index contributed by atoms with van der Waals surface area (Å²) in [4.78, 5) is 31.2. The number of sulfonamides is 1. The summed E-state index contributed by atoms with van der Waals surface area (Å²) >= 11 is 0. The third kappa shape index (κ3) is 6.68. The highest BCUT2D eigenvalue weighted by Crippen LogP contribution is 2.28. The largest absolute Gasteiger partial charge is 0.385 e. The average Bonchev–Trinajstić information content (AvgIpc) is 2.96. The van der Waals surface area contributed by atoms with Crippen LogP contribution in [0.5, 0.6) is 0 Å². The fourth-order valence-electron chi connectivity index (χ4n) is 5.30. The van der Waals surface area contributed by atoms with E-state index in [4.69, 9.17) is 4.98 Å². The second kappa shape index (κ2) is 12.7. The highest BCUT2D eigenvalue weighted by atomic mass is 32.2. The van der Waals surface area contributed by atoms with E-state index in [9.17, 15) is 18.0 Å². The smallest absolute Gasteiger partial charge is 0.264 e. The zero-order valence-electron chi connectivity index (χ0n) is 23.4. The van der Waals surface area contributed by atoms with Crippen molar-refractivity contribution in [3.63, 3.8) is 0 Å². The van der Waals surface area contributed by atoms with Crippen molar-refractivity contribution in [1.82, 2.24) is 14.3 Å². The minimum atomic E-state index is -4.04. The van der Waals surface area contributed by atoms with Gasteiger partial charge in [-0.1, -0.05) is 68.7 Å². The minimum Gasteiger partial charge on any atom is -0.385 e. The van der Waals surface area contributed by atoms with E-state index in [1.807, 2.05) is 42.5 Å². The molecule has 2 aliphatic heterocycles. The Balaban J connectivity index is 1.55. The SMILES string of the molecule is CCCc1nc2ccc3cc2c(=O)n1Cc1ccc(cc1)-c1ccccc1S(=O)(=O)NC(=O)CCCCCCCN3. The number of carbonyl (C=O) groups is 1. The lowest BCUT2D eigenvalue weighted by Gasteiger charge is -2.15. The summed E-state index contributed by atoms with van der Waals surface area (Å²) in [6.45, 7) is 3.19. The number of hydrogen-bond acceptors (Lipinski definition) is 6. The van der Waals surface area contributed by atoms with Gasteiger partial charge in [-0.15, -0.1) is 0 Å². The lowest BCUT2D eigenvalue weighted by atomic mass is 10.0. The average molecular weight is 573 g/mol. The number of hydrogen-bond donors (Lipinski definition) is 2. The highest BCUT2D eigenvalue weighted by Gasteiger charge is 2.22. The van der Waals surface area contributed by atoms with Crippen molar-refractivity contribution in [2.75, 3.05) is 11.9 Å². The molecular weight excluding hydrogens is 536 g/mol. The molecule has 9 heteroatoms. The molecule has 4 aromatic rings. The van der Waals surface area contributed by atoms with Crippen LogP contribution in [0.1, 0.15) is 63.3 Å². The number of carbonyl (C=O) groups excluding carboxylic acids is 1. The number of benzene rings is 3. The molecule has 3 heterocycles. The first-order valence-electron chi connectivity index (χ1n) is 14.4. The standard InChI is InChI=1S/C32H36N4O4S/c1-2-10-30-34-28-19-18-25-21-27(28)32(38)36(30)22-23-14-16-24(17-15-23)26-11-7-8-12-29(26)41(39,40)35-31(37)13-6-4-3-5-9-20-33-25/h7-8,11-12,14-19,21,33H,2-6,9-10,13,20,22H2,1H3,(H,35,37). The number of nitrogens with zero attached hydrogens (tertiary/aromatic N) is 2. The first kappa shape index (κ1) is 28.5. The van der Waals surface area contributed by atoms with Gasteiger partial charge in [-0.05, 0) is 54.7 Å². The van der Waals surface area contributed by atoms with Gasteiger partial charge in [-0.2, -0.15) is 0 Å². The van der Waals surface area contributed by atoms with Gasteiger partial charge < -0.3 is 5.32 Å². The van der Waals surface area contributed by atoms with E-state index in [1.165, 1.54) is 6.07 Å². The van der Waals surface area contributed by atoms with E-state index < -0.39 is 15.9 Å². The lowest BCUT2D eigenvalue weighted by molar-refractivity contribution is -0.119. The normalized spacial score (nSPS) is 16.3. The van der Waals surface area contributed by atoms with Crippen LogP contribution in [-0.2, 0) is 27.8 Å². The summed E-state index contributed by atoms with van der Waals surface area (Å²) in [5.41, 5.74) is 3.63. The van der Waals surface area contributed by atoms with Crippen LogP contribution in [0.15, 0.2) is 76.4 Å². The van der Waals surface area contributed by atoms with E-state index in [0.29, 0.717) is 41.4 Å². The van der Waals surface area contributed by atoms with Crippen molar-refractivity contribution < 1.29 is 13.2 Å². The molecule has 2 N–H and O–H groups in total. The van der Waals surface area contributed by atoms with E-state index >= 15 is 0 Å². The quantitative estimate of drug-likeness (QED) is 0.322. The van der Waals surface area contributed by atoms with Gasteiger partial charge in [-0.25, -0.2) is 18.1 Å². The predicted octanol–water partition coefficient (Wildman–Crippen LogP) is 5.64. The molecule has 0 saturated carbocycles.